The van der Waals surface area contributed by atoms with Crippen molar-refractivity contribution in [1.82, 2.24) is 0 Å². The van der Waals surface area contributed by atoms with E-state index in [1.165, 1.54) is 48.5 Å². The van der Waals surface area contributed by atoms with Crippen LogP contribution in [0.1, 0.15) is 0 Å². The second kappa shape index (κ2) is 11.1. The molecule has 0 saturated carbocycles. The summed E-state index contributed by atoms with van der Waals surface area (Å²) in [7, 11) is -1.86. The summed E-state index contributed by atoms with van der Waals surface area (Å²) in [6.07, 6.45) is 0. The highest BCUT2D eigenvalue weighted by atomic mass is 31.2. The molecule has 0 amide bonds. The van der Waals surface area contributed by atoms with E-state index in [9.17, 15) is 0 Å². The van der Waals surface area contributed by atoms with Gasteiger partial charge in [-0.25, -0.2) is 0 Å². The molecule has 0 bridgehead atoms. The van der Waals surface area contributed by atoms with Crippen molar-refractivity contribution < 1.29 is 13.6 Å². The van der Waals surface area contributed by atoms with Crippen LogP contribution >= 0.6 is 8.60 Å². The topological polar surface area (TPSA) is 27.7 Å². The van der Waals surface area contributed by atoms with Crippen LogP contribution < -0.4 is 13.6 Å². The lowest BCUT2D eigenvalue weighted by Crippen LogP contribution is -2.02. The molecule has 0 spiro atoms. The Bertz CT molecular complexity index is 2310. The van der Waals surface area contributed by atoms with Gasteiger partial charge in [0.05, 0.1) is 0 Å². The quantitative estimate of drug-likeness (QED) is 0.138. The normalized spacial score (nSPS) is 11.7. The Morgan fingerprint density at radius 2 is 0.543 bits per heavy atom. The third kappa shape index (κ3) is 4.83. The third-order valence-electron chi connectivity index (χ3n) is 8.69. The van der Waals surface area contributed by atoms with Gasteiger partial charge in [-0.2, -0.15) is 0 Å². The molecule has 218 valence electrons. The van der Waals surface area contributed by atoms with Crippen LogP contribution in [0.25, 0.3) is 64.6 Å². The summed E-state index contributed by atoms with van der Waals surface area (Å²) >= 11 is 0. The van der Waals surface area contributed by atoms with Gasteiger partial charge in [-0.3, -0.25) is 0 Å². The van der Waals surface area contributed by atoms with Crippen LogP contribution in [0.2, 0.25) is 0 Å². The smallest absolute Gasteiger partial charge is 0.408 e. The lowest BCUT2D eigenvalue weighted by atomic mass is 10.0. The molecular weight excluding hydrogens is 583 g/mol. The molecule has 0 saturated heterocycles. The summed E-state index contributed by atoms with van der Waals surface area (Å²) in [5.41, 5.74) is 0. The lowest BCUT2D eigenvalue weighted by molar-refractivity contribution is 0.389. The van der Waals surface area contributed by atoms with E-state index >= 15 is 0 Å². The van der Waals surface area contributed by atoms with Crippen molar-refractivity contribution in [2.45, 2.75) is 0 Å². The maximum Gasteiger partial charge on any atom is 0.530 e. The van der Waals surface area contributed by atoms with Gasteiger partial charge in [-0.15, -0.1) is 0 Å². The van der Waals surface area contributed by atoms with Crippen molar-refractivity contribution in [3.8, 4) is 17.2 Å². The zero-order valence-electron chi connectivity index (χ0n) is 24.8. The Hall–Kier alpha value is -5.63. The fraction of sp³-hybridized carbons (Fsp3) is 0. The van der Waals surface area contributed by atoms with E-state index < -0.39 is 8.60 Å². The average Bonchev–Trinajstić information content (AvgIpc) is 3.11. The molecule has 46 heavy (non-hydrogen) atoms. The van der Waals surface area contributed by atoms with Gasteiger partial charge in [0.15, 0.2) is 0 Å². The highest BCUT2D eigenvalue weighted by Crippen LogP contribution is 2.45. The molecule has 4 heteroatoms. The molecule has 0 aliphatic carbocycles. The van der Waals surface area contributed by atoms with Crippen LogP contribution in [-0.2, 0) is 0 Å². The number of hydrogen-bond donors (Lipinski definition) is 0. The zero-order valence-corrected chi connectivity index (χ0v) is 25.7. The van der Waals surface area contributed by atoms with Gasteiger partial charge < -0.3 is 13.6 Å². The van der Waals surface area contributed by atoms with Gasteiger partial charge in [0.2, 0.25) is 0 Å². The molecule has 0 heterocycles. The minimum absolute atomic E-state index is 0.687. The Balaban J connectivity index is 1.09. The minimum atomic E-state index is -1.86. The Labute approximate surface area is 267 Å². The molecule has 0 aromatic heterocycles. The molecule has 0 aliphatic rings. The van der Waals surface area contributed by atoms with E-state index in [0.29, 0.717) is 17.2 Å². The first-order valence-electron chi connectivity index (χ1n) is 15.3. The summed E-state index contributed by atoms with van der Waals surface area (Å²) < 4.78 is 19.6. The van der Waals surface area contributed by atoms with E-state index in [2.05, 4.69) is 146 Å². The molecule has 9 aromatic rings. The van der Waals surface area contributed by atoms with Gasteiger partial charge in [-0.05, 0) is 101 Å². The molecule has 0 aliphatic heterocycles. The van der Waals surface area contributed by atoms with Crippen LogP contribution in [0.3, 0.4) is 0 Å². The zero-order chi connectivity index (χ0) is 30.5. The highest BCUT2D eigenvalue weighted by molar-refractivity contribution is 7.43. The van der Waals surface area contributed by atoms with Crippen LogP contribution in [0, 0.1) is 0 Å². The van der Waals surface area contributed by atoms with E-state index in [0.717, 1.165) is 16.2 Å². The van der Waals surface area contributed by atoms with Crippen molar-refractivity contribution in [2.75, 3.05) is 0 Å². The van der Waals surface area contributed by atoms with Crippen molar-refractivity contribution >= 4 is 73.2 Å². The summed E-state index contributed by atoms with van der Waals surface area (Å²) in [6.45, 7) is 0. The molecule has 9 rings (SSSR count). The lowest BCUT2D eigenvalue weighted by Gasteiger charge is -2.19. The van der Waals surface area contributed by atoms with Crippen LogP contribution in [0.15, 0.2) is 164 Å². The summed E-state index contributed by atoms with van der Waals surface area (Å²) in [5.74, 6) is 2.06. The summed E-state index contributed by atoms with van der Waals surface area (Å²) in [4.78, 5) is 0. The van der Waals surface area contributed by atoms with E-state index in [-0.39, 0.29) is 0 Å². The largest absolute Gasteiger partial charge is 0.530 e. The number of benzene rings is 9. The van der Waals surface area contributed by atoms with Gasteiger partial charge in [0, 0.05) is 0 Å². The van der Waals surface area contributed by atoms with Crippen molar-refractivity contribution in [2.24, 2.45) is 0 Å². The molecule has 0 unspecified atom stereocenters. The number of fused-ring (bicyclic) bond motifs is 9. The standard InChI is InChI=1S/C42H27O3P/c1-4-10-37-28(7-1)13-16-31-25-34(19-22-40(31)37)43-46(44-35-20-23-41-32(26-35)17-14-29-8-2-5-11-38(29)41)45-36-21-24-42-33(27-36)18-15-30-9-3-6-12-39(30)42/h1-27H. The Kier molecular flexibility index (Phi) is 6.43. The molecule has 9 aromatic carbocycles. The number of hydrogen-bond acceptors (Lipinski definition) is 3. The molecule has 0 radical (unpaired) electrons. The third-order valence-corrected chi connectivity index (χ3v) is 9.77. The minimum Gasteiger partial charge on any atom is -0.408 e. The highest BCUT2D eigenvalue weighted by Gasteiger charge is 2.21. The molecule has 0 atom stereocenters. The molecule has 0 N–H and O–H groups in total. The molecular formula is C42H27O3P. The van der Waals surface area contributed by atoms with Crippen LogP contribution in [-0.4, -0.2) is 0 Å². The van der Waals surface area contributed by atoms with Gasteiger partial charge in [0.1, 0.15) is 17.2 Å². The second-order valence-corrected chi connectivity index (χ2v) is 12.5. The van der Waals surface area contributed by atoms with Crippen LogP contribution in [0.5, 0.6) is 17.2 Å². The predicted molar refractivity (Wildman–Crippen MR) is 193 cm³/mol. The van der Waals surface area contributed by atoms with Crippen molar-refractivity contribution in [1.29, 1.82) is 0 Å². The monoisotopic (exact) mass is 610 g/mol. The maximum absolute atomic E-state index is 6.53. The Morgan fingerprint density at radius 1 is 0.261 bits per heavy atom. The van der Waals surface area contributed by atoms with Crippen molar-refractivity contribution in [3.63, 3.8) is 0 Å². The van der Waals surface area contributed by atoms with Gasteiger partial charge in [0.25, 0.3) is 0 Å². The van der Waals surface area contributed by atoms with Gasteiger partial charge >= 0.3 is 8.60 Å². The fourth-order valence-corrected chi connectivity index (χ4v) is 7.43. The van der Waals surface area contributed by atoms with Gasteiger partial charge in [-0.1, -0.05) is 127 Å². The predicted octanol–water partition coefficient (Wildman–Crippen LogP) is 12.4. The summed E-state index contributed by atoms with van der Waals surface area (Å²) in [5, 5.41) is 14.1. The fourth-order valence-electron chi connectivity index (χ4n) is 6.46. The number of rotatable bonds is 6. The SMILES string of the molecule is c1ccc2c(c1)ccc1cc(OP(Oc3ccc4c(ccc5ccccc54)c3)Oc3ccc4c(ccc5ccccc54)c3)ccc12. The Morgan fingerprint density at radius 3 is 0.891 bits per heavy atom. The first-order valence-corrected chi connectivity index (χ1v) is 16.4. The average molecular weight is 611 g/mol. The summed E-state index contributed by atoms with van der Waals surface area (Å²) in [6, 6.07) is 56.7. The molecule has 0 fully saturated rings. The van der Waals surface area contributed by atoms with E-state index in [4.69, 9.17) is 13.6 Å². The first-order chi connectivity index (χ1) is 22.7. The van der Waals surface area contributed by atoms with Crippen molar-refractivity contribution in [3.05, 3.63) is 164 Å². The second-order valence-electron chi connectivity index (χ2n) is 11.5. The van der Waals surface area contributed by atoms with Crippen LogP contribution in [0.4, 0.5) is 0 Å². The van der Waals surface area contributed by atoms with E-state index in [1.807, 2.05) is 18.2 Å². The molecule has 3 nitrogen and oxygen atoms in total. The maximum atomic E-state index is 6.53. The first kappa shape index (κ1) is 26.7. The van der Waals surface area contributed by atoms with E-state index in [1.54, 1.807) is 0 Å².